The van der Waals surface area contributed by atoms with Crippen LogP contribution in [0.15, 0.2) is 230 Å². The van der Waals surface area contributed by atoms with Gasteiger partial charge in [-0.25, -0.2) is 115 Å². The molecule has 0 atom stereocenters. The van der Waals surface area contributed by atoms with Crippen LogP contribution in [0.25, 0.3) is 87.3 Å². The van der Waals surface area contributed by atoms with E-state index in [4.69, 9.17) is 90.0 Å². The number of thiazole rings is 4. The third-order valence-corrected chi connectivity index (χ3v) is 33.0. The van der Waals surface area contributed by atoms with E-state index < -0.39 is 90.0 Å². The predicted octanol–water partition coefficient (Wildman–Crippen LogP) is 18.0. The van der Waals surface area contributed by atoms with Gasteiger partial charge in [0.15, 0.2) is 31.0 Å². The normalized spacial score (nSPS) is 13.8. The average Bonchev–Trinajstić information content (AvgIpc) is 1.66. The zero-order chi connectivity index (χ0) is 98.2. The van der Waals surface area contributed by atoms with Crippen LogP contribution in [0, 0.1) is 29.1 Å². The highest BCUT2D eigenvalue weighted by Gasteiger charge is 2.34. The summed E-state index contributed by atoms with van der Waals surface area (Å²) in [5, 5.41) is 3.57. The molecule has 0 aliphatic carbocycles. The summed E-state index contributed by atoms with van der Waals surface area (Å²) in [5.41, 5.74) is 23.5. The number of anilines is 8. The first-order valence-electron chi connectivity index (χ1n) is 41.7. The maximum atomic E-state index is 15.6. The van der Waals surface area contributed by atoms with Crippen LogP contribution in [0.3, 0.4) is 0 Å². The Labute approximate surface area is 823 Å². The van der Waals surface area contributed by atoms with Crippen molar-refractivity contribution in [2.75, 3.05) is 120 Å². The van der Waals surface area contributed by atoms with Crippen LogP contribution in [0.1, 0.15) is 36.9 Å². The number of morpholine rings is 3. The Hall–Kier alpha value is -12.7. The molecule has 49 heteroatoms. The first kappa shape index (κ1) is 99.3. The fraction of sp³-hybridized carbons (Fsp3) is 0.200. The van der Waals surface area contributed by atoms with Crippen LogP contribution in [0.5, 0.6) is 0 Å². The Morgan fingerprint density at radius 3 is 1.29 bits per heavy atom. The lowest BCUT2D eigenvalue weighted by atomic mass is 9.98. The molecule has 0 radical (unpaired) electrons. The SMILES string of the molecule is CC(C)(C)c1nc(-c2cccc(NS(=O)(=O)c3cc(F)ccc3F)c2F)c(-c2ccncn2)s1.Nc1nccc(-c2sc(N3CCOCC3)nc2-c2cccc(CS(=O)(=O)c3cc(F)ccc3F)c2Cl)n1.Nc1nccc(-c2sc(N3CCOCC3)nc2-c2cccc(CS(=O)(=O)c3ccco3)c2Cl)n1.Nc1nccc(-c2sc(N3CCOCC3)nc2-c2cccc(NS(=O)(=O)c3ccoc3)c2Cl)n1. The second-order valence-electron chi connectivity index (χ2n) is 31.4. The monoisotopic (exact) mass is 2100 g/mol. The summed E-state index contributed by atoms with van der Waals surface area (Å²) in [7, 11) is -16.4. The number of aromatic nitrogens is 12. The Balaban J connectivity index is 0.000000134. The third-order valence-electron chi connectivity index (χ3n) is 20.9. The van der Waals surface area contributed by atoms with Gasteiger partial charge in [0, 0.05) is 91.7 Å². The van der Waals surface area contributed by atoms with Crippen LogP contribution in [0.2, 0.25) is 15.1 Å². The van der Waals surface area contributed by atoms with Gasteiger partial charge in [0.25, 0.3) is 20.0 Å². The second kappa shape index (κ2) is 42.6. The van der Waals surface area contributed by atoms with Gasteiger partial charge in [-0.2, -0.15) is 0 Å². The number of hydrogen-bond donors (Lipinski definition) is 5. The quantitative estimate of drug-likeness (QED) is 0.0371. The van der Waals surface area contributed by atoms with E-state index in [2.05, 4.69) is 64.3 Å². The molecule has 0 unspecified atom stereocenters. The standard InChI is InChI=1S/C24H20ClF2N5O3S2.C23H19F3N4O2S2.C22H20ClN5O4S2.C21H19ClN6O4S2/c25-20-14(13-37(33,34)19-12-15(26)4-5-17(19)27)2-1-3-16(20)21-22(18-6-7-29-23(28)30-18)36-24(31-21)32-8-10-35-11-9-32;1-23(2,3)22-29-20(21(33-22)17-9-10-27-12-28-17)14-5-4-6-16(19(14)26)30-34(31,32)18-11-13(24)7-8-15(18)25;23-18-14(13-34(29,30)17-5-2-10-32-17)3-1-4-15(18)19-20(16-6-7-25-21(24)26-16)33-22(27-19)28-8-11-31-12-9-28;22-17-14(2-1-3-15(17)27-34(29,30)13-5-9-32-12-13)18-19(16-4-6-24-20(23)25-16)33-21(26-18)28-7-10-31-11-8-28/h1-7,12H,8-11,13H2,(H2,28,29,30);4-12,30H,1-3H3;1-7,10H,8-9,11-13H2,(H2,24,25,26);1-6,9,12,27H,7-8,10-11H2,(H2,23,24,25). The number of nitrogen functional groups attached to an aromatic ring is 3. The highest BCUT2D eigenvalue weighted by molar-refractivity contribution is 7.93. The number of sulfone groups is 2. The molecule has 0 saturated carbocycles. The van der Waals surface area contributed by atoms with E-state index in [1.54, 1.807) is 85.3 Å². The highest BCUT2D eigenvalue weighted by Crippen LogP contribution is 2.49. The number of nitrogens with zero attached hydrogens (tertiary/aromatic N) is 15. The minimum absolute atomic E-state index is 0.00520. The molecule has 6 aromatic carbocycles. The lowest BCUT2D eigenvalue weighted by Gasteiger charge is -2.26. The fourth-order valence-electron chi connectivity index (χ4n) is 14.1. The second-order valence-corrected chi connectivity index (χ2v) is 43.7. The first-order chi connectivity index (χ1) is 66.5. The van der Waals surface area contributed by atoms with Crippen molar-refractivity contribution in [3.8, 4) is 87.3 Å². The van der Waals surface area contributed by atoms with Crippen molar-refractivity contribution < 1.29 is 78.7 Å². The lowest BCUT2D eigenvalue weighted by Crippen LogP contribution is -2.36. The number of furan rings is 2. The molecule has 8 N–H and O–H groups in total. The molecule has 10 aromatic heterocycles. The summed E-state index contributed by atoms with van der Waals surface area (Å²) in [6, 6.07) is 34.8. The molecule has 3 saturated heterocycles. The molecular weight excluding hydrogens is 2030 g/mol. The molecule has 3 fully saturated rings. The van der Waals surface area contributed by atoms with Crippen molar-refractivity contribution in [1.82, 2.24) is 59.8 Å². The molecule has 19 rings (SSSR count). The van der Waals surface area contributed by atoms with Gasteiger partial charge in [-0.15, -0.1) is 11.3 Å². The summed E-state index contributed by atoms with van der Waals surface area (Å²) in [6.07, 6.45) is 11.4. The zero-order valence-electron chi connectivity index (χ0n) is 73.0. The van der Waals surface area contributed by atoms with E-state index in [1.807, 2.05) is 31.6 Å². The zero-order valence-corrected chi connectivity index (χ0v) is 81.8. The largest absolute Gasteiger partial charge is 0.471 e. The van der Waals surface area contributed by atoms with Crippen LogP contribution in [-0.4, -0.2) is 172 Å². The number of nitrogens with one attached hydrogen (secondary N) is 2. The van der Waals surface area contributed by atoms with Gasteiger partial charge in [0.05, 0.1) is 160 Å². The van der Waals surface area contributed by atoms with Crippen molar-refractivity contribution in [2.45, 2.75) is 57.5 Å². The molecule has 0 amide bonds. The van der Waals surface area contributed by atoms with E-state index in [9.17, 15) is 51.2 Å². The number of halogens is 8. The minimum Gasteiger partial charge on any atom is -0.471 e. The van der Waals surface area contributed by atoms with Gasteiger partial charge in [-0.3, -0.25) is 9.44 Å². The van der Waals surface area contributed by atoms with Crippen LogP contribution >= 0.6 is 80.1 Å². The van der Waals surface area contributed by atoms with Crippen molar-refractivity contribution in [3.05, 3.63) is 262 Å². The minimum atomic E-state index is -4.61. The number of rotatable bonds is 23. The van der Waals surface area contributed by atoms with E-state index >= 15 is 4.39 Å². The summed E-state index contributed by atoms with van der Waals surface area (Å²) in [4.78, 5) is 59.8. The van der Waals surface area contributed by atoms with E-state index in [0.29, 0.717) is 174 Å². The number of ether oxygens (including phenoxy) is 3. The Kier molecular flexibility index (Phi) is 30.4. The molecule has 0 spiro atoms. The average molecular weight is 2110 g/mol. The number of sulfonamides is 2. The Morgan fingerprint density at radius 1 is 0.424 bits per heavy atom. The summed E-state index contributed by atoms with van der Waals surface area (Å²) < 4.78 is 204. The van der Waals surface area contributed by atoms with Crippen LogP contribution in [0.4, 0.5) is 66.6 Å². The van der Waals surface area contributed by atoms with Gasteiger partial charge in [0.2, 0.25) is 32.8 Å². The van der Waals surface area contributed by atoms with E-state index in [-0.39, 0.29) is 71.6 Å². The number of nitrogens with two attached hydrogens (primary N) is 3. The lowest BCUT2D eigenvalue weighted by molar-refractivity contribution is 0.122. The molecule has 0 bridgehead atoms. The first-order valence-corrected chi connectivity index (χ1v) is 52.4. The van der Waals surface area contributed by atoms with E-state index in [0.717, 1.165) is 54.6 Å². The molecule has 3 aliphatic heterocycles. The van der Waals surface area contributed by atoms with Gasteiger partial charge < -0.3 is 54.9 Å². The Bertz CT molecular complexity index is 7460. The fourth-order valence-corrected chi connectivity index (χ4v) is 24.5. The smallest absolute Gasteiger partial charge is 0.265 e. The van der Waals surface area contributed by atoms with Crippen molar-refractivity contribution in [1.29, 1.82) is 0 Å². The topological polar surface area (TPSA) is 457 Å². The maximum absolute atomic E-state index is 15.6. The molecule has 720 valence electrons. The van der Waals surface area contributed by atoms with Crippen LogP contribution < -0.4 is 41.3 Å². The molecule has 3 aliphatic rings. The van der Waals surface area contributed by atoms with Crippen molar-refractivity contribution >= 4 is 164 Å². The van der Waals surface area contributed by atoms with Gasteiger partial charge in [-0.1, -0.05) is 144 Å². The highest BCUT2D eigenvalue weighted by atomic mass is 35.5. The van der Waals surface area contributed by atoms with Gasteiger partial charge in [0.1, 0.15) is 50.5 Å². The molecule has 16 aromatic rings. The number of benzene rings is 6. The van der Waals surface area contributed by atoms with Crippen molar-refractivity contribution in [2.24, 2.45) is 0 Å². The van der Waals surface area contributed by atoms with Gasteiger partial charge in [-0.05, 0) is 108 Å². The summed E-state index contributed by atoms with van der Waals surface area (Å²) >= 11 is 25.9. The number of hydrogen-bond acceptors (Lipinski definition) is 35. The molecule has 33 nitrogen and oxygen atoms in total. The van der Waals surface area contributed by atoms with Crippen LogP contribution in [-0.2, 0) is 70.9 Å². The summed E-state index contributed by atoms with van der Waals surface area (Å²) in [5.74, 6) is -5.46. The predicted molar refractivity (Wildman–Crippen MR) is 524 cm³/mol. The molecule has 139 heavy (non-hydrogen) atoms. The van der Waals surface area contributed by atoms with Crippen molar-refractivity contribution in [3.63, 3.8) is 0 Å². The maximum Gasteiger partial charge on any atom is 0.265 e. The van der Waals surface area contributed by atoms with E-state index in [1.165, 1.54) is 113 Å². The van der Waals surface area contributed by atoms with Gasteiger partial charge >= 0.3 is 0 Å². The Morgan fingerprint density at radius 2 is 0.849 bits per heavy atom. The summed E-state index contributed by atoms with van der Waals surface area (Å²) in [6.45, 7) is 13.6. The molecule has 13 heterocycles. The molecular formula is C90H78Cl3F5N20O13S8. The third kappa shape index (κ3) is 23.1.